The molecule has 0 atom stereocenters. The minimum atomic E-state index is 0. The highest BCUT2D eigenvalue weighted by atomic mass is 35.5. The molecule has 0 aromatic carbocycles. The van der Waals surface area contributed by atoms with E-state index >= 15 is 0 Å². The van der Waals surface area contributed by atoms with Crippen LogP contribution in [0.5, 0.6) is 0 Å². The first-order valence-electron chi connectivity index (χ1n) is 5.01. The van der Waals surface area contributed by atoms with E-state index in [0.29, 0.717) is 0 Å². The van der Waals surface area contributed by atoms with Crippen molar-refractivity contribution in [1.82, 2.24) is 9.80 Å². The predicted molar refractivity (Wildman–Crippen MR) is 74.0 cm³/mol. The van der Waals surface area contributed by atoms with E-state index in [1.807, 2.05) is 0 Å². The maximum atomic E-state index is 5.50. The van der Waals surface area contributed by atoms with Crippen molar-refractivity contribution in [2.24, 2.45) is 5.73 Å². The van der Waals surface area contributed by atoms with Crippen LogP contribution >= 0.6 is 37.2 Å². The Morgan fingerprint density at radius 2 is 1.27 bits per heavy atom. The van der Waals surface area contributed by atoms with Gasteiger partial charge in [0.2, 0.25) is 0 Å². The molecule has 0 aromatic rings. The van der Waals surface area contributed by atoms with Crippen LogP contribution < -0.4 is 5.73 Å². The third-order valence-electron chi connectivity index (χ3n) is 2.45. The highest BCUT2D eigenvalue weighted by Gasteiger charge is 2.14. The lowest BCUT2D eigenvalue weighted by atomic mass is 10.3. The van der Waals surface area contributed by atoms with Crippen LogP contribution in [0.1, 0.15) is 13.3 Å². The van der Waals surface area contributed by atoms with E-state index in [1.165, 1.54) is 39.1 Å². The summed E-state index contributed by atoms with van der Waals surface area (Å²) in [5.74, 6) is 0. The molecule has 1 aliphatic rings. The zero-order valence-corrected chi connectivity index (χ0v) is 11.8. The average Bonchev–Trinajstić information content (AvgIpc) is 2.09. The molecular formula is C9H24Cl3N3. The Morgan fingerprint density at radius 3 is 1.60 bits per heavy atom. The van der Waals surface area contributed by atoms with Gasteiger partial charge in [0, 0.05) is 39.3 Å². The van der Waals surface area contributed by atoms with Crippen LogP contribution in [0.3, 0.4) is 0 Å². The number of hydrogen-bond acceptors (Lipinski definition) is 3. The summed E-state index contributed by atoms with van der Waals surface area (Å²) in [5, 5.41) is 0. The Balaban J connectivity index is -0.000000480. The minimum absolute atomic E-state index is 0. The molecular weight excluding hydrogens is 256 g/mol. The maximum Gasteiger partial charge on any atom is 0.0110 e. The number of piperazine rings is 1. The first-order chi connectivity index (χ1) is 5.86. The summed E-state index contributed by atoms with van der Waals surface area (Å²) >= 11 is 0. The summed E-state index contributed by atoms with van der Waals surface area (Å²) in [6.45, 7) is 10.2. The first-order valence-corrected chi connectivity index (χ1v) is 5.01. The fourth-order valence-electron chi connectivity index (χ4n) is 1.74. The summed E-state index contributed by atoms with van der Waals surface area (Å²) in [7, 11) is 0. The van der Waals surface area contributed by atoms with E-state index in [-0.39, 0.29) is 37.2 Å². The molecule has 1 heterocycles. The third-order valence-corrected chi connectivity index (χ3v) is 2.45. The van der Waals surface area contributed by atoms with Crippen LogP contribution in [0.4, 0.5) is 0 Å². The Bertz CT molecular complexity index is 105. The molecule has 3 nitrogen and oxygen atoms in total. The molecule has 1 saturated heterocycles. The molecule has 6 heteroatoms. The van der Waals surface area contributed by atoms with Gasteiger partial charge in [0.25, 0.3) is 0 Å². The summed E-state index contributed by atoms with van der Waals surface area (Å²) in [6, 6.07) is 0. The predicted octanol–water partition coefficient (Wildman–Crippen LogP) is 1.24. The summed E-state index contributed by atoms with van der Waals surface area (Å²) in [5.41, 5.74) is 5.50. The van der Waals surface area contributed by atoms with Gasteiger partial charge in [0.15, 0.2) is 0 Å². The fraction of sp³-hybridized carbons (Fsp3) is 1.00. The number of rotatable bonds is 4. The van der Waals surface area contributed by atoms with Crippen LogP contribution in [-0.4, -0.2) is 55.6 Å². The molecule has 0 saturated carbocycles. The molecule has 0 amide bonds. The lowest BCUT2D eigenvalue weighted by molar-refractivity contribution is 0.135. The minimum Gasteiger partial charge on any atom is -0.329 e. The van der Waals surface area contributed by atoms with Crippen LogP contribution in [0.2, 0.25) is 0 Å². The van der Waals surface area contributed by atoms with Crippen molar-refractivity contribution in [2.45, 2.75) is 13.3 Å². The first kappa shape index (κ1) is 21.1. The summed E-state index contributed by atoms with van der Waals surface area (Å²) in [4.78, 5) is 4.99. The maximum absolute atomic E-state index is 5.50. The molecule has 0 spiro atoms. The Morgan fingerprint density at radius 1 is 0.867 bits per heavy atom. The highest BCUT2D eigenvalue weighted by Crippen LogP contribution is 2.00. The average molecular weight is 281 g/mol. The molecule has 96 valence electrons. The molecule has 0 radical (unpaired) electrons. The highest BCUT2D eigenvalue weighted by molar-refractivity contribution is 5.86. The van der Waals surface area contributed by atoms with Gasteiger partial charge < -0.3 is 10.6 Å². The van der Waals surface area contributed by atoms with E-state index in [0.717, 1.165) is 13.1 Å². The number of halogens is 3. The number of nitrogens with zero attached hydrogens (tertiary/aromatic N) is 2. The topological polar surface area (TPSA) is 32.5 Å². The molecule has 0 aliphatic carbocycles. The van der Waals surface area contributed by atoms with Crippen molar-refractivity contribution < 1.29 is 0 Å². The van der Waals surface area contributed by atoms with Gasteiger partial charge in [-0.3, -0.25) is 4.90 Å². The standard InChI is InChI=1S/C9H21N3.3ClH/c1-2-4-11-6-8-12(5-3-10)9-7-11;;;/h2-10H2,1H3;3*1H. The second-order valence-electron chi connectivity index (χ2n) is 3.47. The molecule has 1 fully saturated rings. The monoisotopic (exact) mass is 279 g/mol. The molecule has 1 rings (SSSR count). The van der Waals surface area contributed by atoms with Crippen LogP contribution in [0.15, 0.2) is 0 Å². The second-order valence-corrected chi connectivity index (χ2v) is 3.47. The van der Waals surface area contributed by atoms with Gasteiger partial charge in [0.1, 0.15) is 0 Å². The van der Waals surface area contributed by atoms with Gasteiger partial charge in [-0.25, -0.2) is 0 Å². The van der Waals surface area contributed by atoms with Gasteiger partial charge in [-0.05, 0) is 13.0 Å². The zero-order chi connectivity index (χ0) is 8.81. The molecule has 1 aliphatic heterocycles. The Hall–Kier alpha value is 0.750. The van der Waals surface area contributed by atoms with Crippen molar-refractivity contribution in [3.05, 3.63) is 0 Å². The smallest absolute Gasteiger partial charge is 0.0110 e. The van der Waals surface area contributed by atoms with Crippen molar-refractivity contribution in [1.29, 1.82) is 0 Å². The van der Waals surface area contributed by atoms with Gasteiger partial charge in [0.05, 0.1) is 0 Å². The molecule has 0 bridgehead atoms. The quantitative estimate of drug-likeness (QED) is 0.841. The van der Waals surface area contributed by atoms with Gasteiger partial charge in [-0.15, -0.1) is 37.2 Å². The molecule has 2 N–H and O–H groups in total. The third kappa shape index (κ3) is 8.55. The van der Waals surface area contributed by atoms with Gasteiger partial charge in [-0.1, -0.05) is 6.92 Å². The molecule has 0 aromatic heterocycles. The second kappa shape index (κ2) is 12.8. The fourth-order valence-corrected chi connectivity index (χ4v) is 1.74. The summed E-state index contributed by atoms with van der Waals surface area (Å²) in [6.07, 6.45) is 1.27. The van der Waals surface area contributed by atoms with Crippen LogP contribution in [0.25, 0.3) is 0 Å². The number of hydrogen-bond donors (Lipinski definition) is 1. The van der Waals surface area contributed by atoms with Gasteiger partial charge in [-0.2, -0.15) is 0 Å². The van der Waals surface area contributed by atoms with E-state index < -0.39 is 0 Å². The Kier molecular flexibility index (Phi) is 18.0. The van der Waals surface area contributed by atoms with Crippen LogP contribution in [-0.2, 0) is 0 Å². The lowest BCUT2D eigenvalue weighted by Crippen LogP contribution is -2.47. The van der Waals surface area contributed by atoms with E-state index in [1.54, 1.807) is 0 Å². The largest absolute Gasteiger partial charge is 0.329 e. The van der Waals surface area contributed by atoms with Crippen molar-refractivity contribution in [3.8, 4) is 0 Å². The van der Waals surface area contributed by atoms with E-state index in [2.05, 4.69) is 16.7 Å². The van der Waals surface area contributed by atoms with Crippen molar-refractivity contribution in [3.63, 3.8) is 0 Å². The van der Waals surface area contributed by atoms with E-state index in [9.17, 15) is 0 Å². The molecule has 0 unspecified atom stereocenters. The Labute approximate surface area is 112 Å². The van der Waals surface area contributed by atoms with Gasteiger partial charge >= 0.3 is 0 Å². The normalized spacial score (nSPS) is 17.2. The molecule has 15 heavy (non-hydrogen) atoms. The summed E-state index contributed by atoms with van der Waals surface area (Å²) < 4.78 is 0. The zero-order valence-electron chi connectivity index (χ0n) is 9.35. The van der Waals surface area contributed by atoms with Crippen molar-refractivity contribution >= 4 is 37.2 Å². The van der Waals surface area contributed by atoms with Crippen molar-refractivity contribution in [2.75, 3.05) is 45.8 Å². The lowest BCUT2D eigenvalue weighted by Gasteiger charge is -2.34. The SMILES string of the molecule is CCCN1CCN(CCN)CC1.Cl.Cl.Cl. The number of nitrogens with two attached hydrogens (primary N) is 1. The van der Waals surface area contributed by atoms with E-state index in [4.69, 9.17) is 5.73 Å². The van der Waals surface area contributed by atoms with Crippen LogP contribution in [0, 0.1) is 0 Å².